The minimum atomic E-state index is 0.365. The highest BCUT2D eigenvalue weighted by molar-refractivity contribution is 5.01. The van der Waals surface area contributed by atoms with Crippen molar-refractivity contribution in [2.24, 2.45) is 5.73 Å². The van der Waals surface area contributed by atoms with E-state index >= 15 is 0 Å². The first kappa shape index (κ1) is 10.6. The number of likely N-dealkylation sites (tertiary alicyclic amines) is 1. The van der Waals surface area contributed by atoms with Crippen molar-refractivity contribution in [2.45, 2.75) is 38.8 Å². The van der Waals surface area contributed by atoms with E-state index in [1.54, 1.807) is 6.26 Å². The van der Waals surface area contributed by atoms with Gasteiger partial charge in [-0.3, -0.25) is 4.90 Å². The second kappa shape index (κ2) is 4.77. The molecule has 4 nitrogen and oxygen atoms in total. The Morgan fingerprint density at radius 1 is 1.60 bits per heavy atom. The quantitative estimate of drug-likeness (QED) is 0.823. The lowest BCUT2D eigenvalue weighted by Crippen LogP contribution is -2.33. The Balaban J connectivity index is 2.12. The molecule has 84 valence electrons. The third-order valence-electron chi connectivity index (χ3n) is 3.08. The molecule has 0 spiro atoms. The summed E-state index contributed by atoms with van der Waals surface area (Å²) in [5.41, 5.74) is 6.38. The van der Waals surface area contributed by atoms with Crippen LogP contribution in [0.4, 0.5) is 0 Å². The van der Waals surface area contributed by atoms with Gasteiger partial charge in [0.1, 0.15) is 6.26 Å². The second-order valence-corrected chi connectivity index (χ2v) is 4.02. The smallest absolute Gasteiger partial charge is 0.211 e. The number of hydrogen-bond acceptors (Lipinski definition) is 4. The fourth-order valence-corrected chi connectivity index (χ4v) is 2.22. The van der Waals surface area contributed by atoms with E-state index < -0.39 is 0 Å². The van der Waals surface area contributed by atoms with Crippen molar-refractivity contribution in [2.75, 3.05) is 13.1 Å². The maximum atomic E-state index is 5.52. The highest BCUT2D eigenvalue weighted by atomic mass is 16.3. The molecule has 2 N–H and O–H groups in total. The number of nitrogens with zero attached hydrogens (tertiary/aromatic N) is 2. The van der Waals surface area contributed by atoms with Gasteiger partial charge in [0.2, 0.25) is 5.89 Å². The Morgan fingerprint density at radius 2 is 2.47 bits per heavy atom. The molecule has 0 amide bonds. The second-order valence-electron chi connectivity index (χ2n) is 4.02. The monoisotopic (exact) mass is 209 g/mol. The molecule has 1 saturated heterocycles. The zero-order chi connectivity index (χ0) is 10.7. The van der Waals surface area contributed by atoms with Gasteiger partial charge in [-0.05, 0) is 25.9 Å². The number of hydrogen-bond donors (Lipinski definition) is 1. The van der Waals surface area contributed by atoms with Crippen molar-refractivity contribution >= 4 is 0 Å². The molecular formula is C11H19N3O. The predicted octanol–water partition coefficient (Wildman–Crippen LogP) is 1.68. The van der Waals surface area contributed by atoms with Gasteiger partial charge in [0.05, 0.1) is 11.7 Å². The minimum absolute atomic E-state index is 0.365. The van der Waals surface area contributed by atoms with E-state index in [0.717, 1.165) is 31.1 Å². The van der Waals surface area contributed by atoms with Crippen molar-refractivity contribution in [3.05, 3.63) is 17.8 Å². The average Bonchev–Trinajstić information content (AvgIpc) is 2.77. The Bertz CT molecular complexity index is 311. The Labute approximate surface area is 90.5 Å². The van der Waals surface area contributed by atoms with Crippen molar-refractivity contribution in [1.82, 2.24) is 9.88 Å². The van der Waals surface area contributed by atoms with Gasteiger partial charge in [-0.25, -0.2) is 4.98 Å². The lowest BCUT2D eigenvalue weighted by molar-refractivity contribution is 0.133. The van der Waals surface area contributed by atoms with Crippen molar-refractivity contribution in [1.29, 1.82) is 0 Å². The molecule has 4 heteroatoms. The van der Waals surface area contributed by atoms with Crippen LogP contribution in [-0.4, -0.2) is 23.0 Å². The summed E-state index contributed by atoms with van der Waals surface area (Å²) in [5.74, 6) is 0.844. The van der Waals surface area contributed by atoms with Crippen LogP contribution in [0.3, 0.4) is 0 Å². The topological polar surface area (TPSA) is 55.3 Å². The lowest BCUT2D eigenvalue weighted by atomic mass is 10.0. The molecule has 1 aromatic heterocycles. The number of oxazole rings is 1. The van der Waals surface area contributed by atoms with Crippen LogP contribution < -0.4 is 5.73 Å². The van der Waals surface area contributed by atoms with Gasteiger partial charge in [0, 0.05) is 6.54 Å². The van der Waals surface area contributed by atoms with E-state index in [-0.39, 0.29) is 0 Å². The van der Waals surface area contributed by atoms with E-state index in [1.165, 1.54) is 12.8 Å². The van der Waals surface area contributed by atoms with Crippen LogP contribution in [0.15, 0.2) is 10.7 Å². The van der Waals surface area contributed by atoms with Gasteiger partial charge < -0.3 is 10.2 Å². The molecule has 1 unspecified atom stereocenters. The minimum Gasteiger partial charge on any atom is -0.447 e. The van der Waals surface area contributed by atoms with E-state index in [2.05, 4.69) is 16.8 Å². The molecular weight excluding hydrogens is 190 g/mol. The van der Waals surface area contributed by atoms with Crippen LogP contribution in [0, 0.1) is 0 Å². The molecule has 1 aromatic rings. The van der Waals surface area contributed by atoms with E-state index in [1.807, 2.05) is 0 Å². The summed E-state index contributed by atoms with van der Waals surface area (Å²) in [6, 6.07) is 0.365. The summed E-state index contributed by atoms with van der Waals surface area (Å²) in [5, 5.41) is 0. The first-order valence-corrected chi connectivity index (χ1v) is 5.73. The predicted molar refractivity (Wildman–Crippen MR) is 58.2 cm³/mol. The van der Waals surface area contributed by atoms with Gasteiger partial charge >= 0.3 is 0 Å². The highest BCUT2D eigenvalue weighted by Crippen LogP contribution is 2.29. The van der Waals surface area contributed by atoms with Gasteiger partial charge in [0.25, 0.3) is 0 Å². The van der Waals surface area contributed by atoms with Crippen LogP contribution in [-0.2, 0) is 6.54 Å². The van der Waals surface area contributed by atoms with Crippen LogP contribution in [0.5, 0.6) is 0 Å². The summed E-state index contributed by atoms with van der Waals surface area (Å²) < 4.78 is 5.49. The molecule has 1 aliphatic rings. The number of rotatable bonds is 3. The standard InChI is InChI=1S/C11H19N3O/c1-2-14-6-4-3-5-10(14)11-13-9(7-12)8-15-11/h8,10H,2-7,12H2,1H3. The largest absolute Gasteiger partial charge is 0.447 e. The summed E-state index contributed by atoms with van der Waals surface area (Å²) >= 11 is 0. The van der Waals surface area contributed by atoms with Crippen LogP contribution in [0.25, 0.3) is 0 Å². The summed E-state index contributed by atoms with van der Waals surface area (Å²) in [7, 11) is 0. The third-order valence-corrected chi connectivity index (χ3v) is 3.08. The van der Waals surface area contributed by atoms with Crippen molar-refractivity contribution in [3.8, 4) is 0 Å². The molecule has 2 heterocycles. The fourth-order valence-electron chi connectivity index (χ4n) is 2.22. The number of aromatic nitrogens is 1. The first-order chi connectivity index (χ1) is 7.35. The average molecular weight is 209 g/mol. The molecule has 0 bridgehead atoms. The van der Waals surface area contributed by atoms with Crippen LogP contribution in [0.2, 0.25) is 0 Å². The van der Waals surface area contributed by atoms with Crippen molar-refractivity contribution in [3.63, 3.8) is 0 Å². The fraction of sp³-hybridized carbons (Fsp3) is 0.727. The molecule has 0 aromatic carbocycles. The Morgan fingerprint density at radius 3 is 3.13 bits per heavy atom. The number of nitrogens with two attached hydrogens (primary N) is 1. The van der Waals surface area contributed by atoms with E-state index in [0.29, 0.717) is 12.6 Å². The molecule has 0 saturated carbocycles. The highest BCUT2D eigenvalue weighted by Gasteiger charge is 2.26. The normalized spacial score (nSPS) is 23.2. The summed E-state index contributed by atoms with van der Waals surface area (Å²) in [6.07, 6.45) is 5.38. The maximum absolute atomic E-state index is 5.52. The third kappa shape index (κ3) is 2.21. The van der Waals surface area contributed by atoms with Gasteiger partial charge in [0.15, 0.2) is 0 Å². The van der Waals surface area contributed by atoms with Gasteiger partial charge in [-0.2, -0.15) is 0 Å². The first-order valence-electron chi connectivity index (χ1n) is 5.73. The molecule has 1 fully saturated rings. The summed E-state index contributed by atoms with van der Waals surface area (Å²) in [4.78, 5) is 6.84. The molecule has 0 radical (unpaired) electrons. The lowest BCUT2D eigenvalue weighted by Gasteiger charge is -2.32. The molecule has 0 aliphatic carbocycles. The SMILES string of the molecule is CCN1CCCCC1c1nc(CN)co1. The molecule has 1 aliphatic heterocycles. The Hall–Kier alpha value is -0.870. The maximum Gasteiger partial charge on any atom is 0.211 e. The van der Waals surface area contributed by atoms with Gasteiger partial charge in [-0.15, -0.1) is 0 Å². The zero-order valence-corrected chi connectivity index (χ0v) is 9.28. The number of piperidine rings is 1. The van der Waals surface area contributed by atoms with Crippen LogP contribution in [0.1, 0.15) is 43.8 Å². The molecule has 15 heavy (non-hydrogen) atoms. The zero-order valence-electron chi connectivity index (χ0n) is 9.28. The van der Waals surface area contributed by atoms with Gasteiger partial charge in [-0.1, -0.05) is 13.3 Å². The molecule has 1 atom stereocenters. The molecule has 2 rings (SSSR count). The van der Waals surface area contributed by atoms with Crippen LogP contribution >= 0.6 is 0 Å². The van der Waals surface area contributed by atoms with E-state index in [4.69, 9.17) is 10.2 Å². The summed E-state index contributed by atoms with van der Waals surface area (Å²) in [6.45, 7) is 4.86. The van der Waals surface area contributed by atoms with Crippen molar-refractivity contribution < 1.29 is 4.42 Å². The van der Waals surface area contributed by atoms with E-state index in [9.17, 15) is 0 Å². The Kier molecular flexibility index (Phi) is 3.38.